The lowest BCUT2D eigenvalue weighted by atomic mass is 9.92. The van der Waals surface area contributed by atoms with Gasteiger partial charge in [0.2, 0.25) is 11.8 Å². The number of carbonyl (C=O) groups excluding carboxylic acids is 2. The number of anilines is 1. The van der Waals surface area contributed by atoms with E-state index in [4.69, 9.17) is 16.2 Å². The SMILES string of the molecule is NC(=O)c1cccc(NC(=O)C(N)C2CCOCC2)c1. The summed E-state index contributed by atoms with van der Waals surface area (Å²) >= 11 is 0. The molecule has 0 spiro atoms. The Balaban J connectivity index is 1.99. The average Bonchev–Trinajstić information content (AvgIpc) is 2.47. The van der Waals surface area contributed by atoms with Gasteiger partial charge in [0.15, 0.2) is 0 Å². The molecule has 0 bridgehead atoms. The van der Waals surface area contributed by atoms with Gasteiger partial charge in [-0.25, -0.2) is 0 Å². The standard InChI is InChI=1S/C14H19N3O3/c15-12(9-4-6-20-7-5-9)14(19)17-11-3-1-2-10(8-11)13(16)18/h1-3,8-9,12H,4-7,15H2,(H2,16,18)(H,17,19). The summed E-state index contributed by atoms with van der Waals surface area (Å²) in [6.45, 7) is 1.28. The Morgan fingerprint density at radius 2 is 2.00 bits per heavy atom. The van der Waals surface area contributed by atoms with E-state index in [1.165, 1.54) is 6.07 Å². The number of carbonyl (C=O) groups is 2. The lowest BCUT2D eigenvalue weighted by Gasteiger charge is -2.26. The molecule has 1 heterocycles. The zero-order chi connectivity index (χ0) is 14.5. The van der Waals surface area contributed by atoms with Crippen molar-refractivity contribution in [3.05, 3.63) is 29.8 Å². The summed E-state index contributed by atoms with van der Waals surface area (Å²) in [5.74, 6) is -0.656. The summed E-state index contributed by atoms with van der Waals surface area (Å²) in [5, 5.41) is 2.72. The molecule has 1 unspecified atom stereocenters. The molecule has 1 saturated heterocycles. The second-order valence-corrected chi connectivity index (χ2v) is 4.91. The van der Waals surface area contributed by atoms with E-state index in [0.29, 0.717) is 24.5 Å². The fourth-order valence-electron chi connectivity index (χ4n) is 2.26. The first-order chi connectivity index (χ1) is 9.58. The van der Waals surface area contributed by atoms with Gasteiger partial charge in [-0.05, 0) is 37.0 Å². The molecule has 20 heavy (non-hydrogen) atoms. The number of hydrogen-bond donors (Lipinski definition) is 3. The zero-order valence-corrected chi connectivity index (χ0v) is 11.2. The van der Waals surface area contributed by atoms with Crippen LogP contribution in [0.3, 0.4) is 0 Å². The van der Waals surface area contributed by atoms with Crippen molar-refractivity contribution in [3.8, 4) is 0 Å². The van der Waals surface area contributed by atoms with Crippen LogP contribution in [0.4, 0.5) is 5.69 Å². The number of primary amides is 1. The molecule has 0 radical (unpaired) electrons. The minimum absolute atomic E-state index is 0.128. The average molecular weight is 277 g/mol. The van der Waals surface area contributed by atoms with Crippen molar-refractivity contribution < 1.29 is 14.3 Å². The molecule has 6 heteroatoms. The van der Waals surface area contributed by atoms with Crippen molar-refractivity contribution in [3.63, 3.8) is 0 Å². The lowest BCUT2D eigenvalue weighted by Crippen LogP contribution is -2.44. The molecule has 1 aliphatic heterocycles. The summed E-state index contributed by atoms with van der Waals surface area (Å²) in [5.41, 5.74) is 12.0. The van der Waals surface area contributed by atoms with Gasteiger partial charge < -0.3 is 21.5 Å². The van der Waals surface area contributed by atoms with Crippen molar-refractivity contribution in [1.82, 2.24) is 0 Å². The first-order valence-corrected chi connectivity index (χ1v) is 6.62. The highest BCUT2D eigenvalue weighted by molar-refractivity contribution is 5.98. The van der Waals surface area contributed by atoms with E-state index in [0.717, 1.165) is 12.8 Å². The van der Waals surface area contributed by atoms with E-state index in [9.17, 15) is 9.59 Å². The number of nitrogens with one attached hydrogen (secondary N) is 1. The van der Waals surface area contributed by atoms with E-state index < -0.39 is 11.9 Å². The predicted octanol–water partition coefficient (Wildman–Crippen LogP) is 0.478. The number of ether oxygens (including phenoxy) is 1. The largest absolute Gasteiger partial charge is 0.381 e. The van der Waals surface area contributed by atoms with E-state index in [1.807, 2.05) is 0 Å². The summed E-state index contributed by atoms with van der Waals surface area (Å²) in [6.07, 6.45) is 1.58. The number of nitrogens with two attached hydrogens (primary N) is 2. The minimum Gasteiger partial charge on any atom is -0.381 e. The van der Waals surface area contributed by atoms with Crippen LogP contribution in [0.15, 0.2) is 24.3 Å². The van der Waals surface area contributed by atoms with Crippen molar-refractivity contribution in [1.29, 1.82) is 0 Å². The fourth-order valence-corrected chi connectivity index (χ4v) is 2.26. The van der Waals surface area contributed by atoms with Gasteiger partial charge in [-0.3, -0.25) is 9.59 Å². The molecule has 0 aliphatic carbocycles. The van der Waals surface area contributed by atoms with Crippen LogP contribution >= 0.6 is 0 Å². The first-order valence-electron chi connectivity index (χ1n) is 6.62. The van der Waals surface area contributed by atoms with E-state index >= 15 is 0 Å². The monoisotopic (exact) mass is 277 g/mol. The van der Waals surface area contributed by atoms with Crippen LogP contribution in [0.1, 0.15) is 23.2 Å². The van der Waals surface area contributed by atoms with Gasteiger partial charge in [-0.2, -0.15) is 0 Å². The smallest absolute Gasteiger partial charge is 0.248 e. The number of hydrogen-bond acceptors (Lipinski definition) is 4. The van der Waals surface area contributed by atoms with E-state index in [-0.39, 0.29) is 11.8 Å². The second kappa shape index (κ2) is 6.49. The van der Waals surface area contributed by atoms with Gasteiger partial charge in [0.25, 0.3) is 0 Å². The van der Waals surface area contributed by atoms with Crippen LogP contribution in [0, 0.1) is 5.92 Å². The number of benzene rings is 1. The molecule has 1 fully saturated rings. The van der Waals surface area contributed by atoms with Crippen molar-refractivity contribution >= 4 is 17.5 Å². The zero-order valence-electron chi connectivity index (χ0n) is 11.2. The van der Waals surface area contributed by atoms with Crippen molar-refractivity contribution in [2.45, 2.75) is 18.9 Å². The molecular formula is C14H19N3O3. The Morgan fingerprint density at radius 1 is 1.30 bits per heavy atom. The van der Waals surface area contributed by atoms with Gasteiger partial charge >= 0.3 is 0 Å². The molecule has 0 saturated carbocycles. The van der Waals surface area contributed by atoms with Crippen LogP contribution in [0.25, 0.3) is 0 Å². The van der Waals surface area contributed by atoms with Crippen LogP contribution in [-0.4, -0.2) is 31.1 Å². The summed E-state index contributed by atoms with van der Waals surface area (Å²) in [6, 6.07) is 5.92. The third-order valence-electron chi connectivity index (χ3n) is 3.49. The normalized spacial score (nSPS) is 17.4. The molecule has 1 aromatic rings. The van der Waals surface area contributed by atoms with Gasteiger partial charge in [0.1, 0.15) is 0 Å². The second-order valence-electron chi connectivity index (χ2n) is 4.91. The van der Waals surface area contributed by atoms with E-state index in [2.05, 4.69) is 5.32 Å². The molecule has 2 amide bonds. The topological polar surface area (TPSA) is 107 Å². The highest BCUT2D eigenvalue weighted by atomic mass is 16.5. The van der Waals surface area contributed by atoms with Gasteiger partial charge in [0.05, 0.1) is 6.04 Å². The third kappa shape index (κ3) is 3.55. The van der Waals surface area contributed by atoms with Crippen molar-refractivity contribution in [2.75, 3.05) is 18.5 Å². The third-order valence-corrected chi connectivity index (χ3v) is 3.49. The van der Waals surface area contributed by atoms with Crippen LogP contribution in [0.5, 0.6) is 0 Å². The highest BCUT2D eigenvalue weighted by Gasteiger charge is 2.26. The van der Waals surface area contributed by atoms with Crippen LogP contribution in [-0.2, 0) is 9.53 Å². The maximum atomic E-state index is 12.1. The van der Waals surface area contributed by atoms with Gasteiger partial charge in [-0.1, -0.05) is 6.07 Å². The molecule has 1 aliphatic rings. The molecule has 6 nitrogen and oxygen atoms in total. The molecular weight excluding hydrogens is 258 g/mol. The molecule has 108 valence electrons. The fraction of sp³-hybridized carbons (Fsp3) is 0.429. The first kappa shape index (κ1) is 14.5. The Morgan fingerprint density at radius 3 is 2.65 bits per heavy atom. The van der Waals surface area contributed by atoms with Gasteiger partial charge in [-0.15, -0.1) is 0 Å². The molecule has 0 aromatic heterocycles. The lowest BCUT2D eigenvalue weighted by molar-refractivity contribution is -0.119. The Kier molecular flexibility index (Phi) is 4.70. The summed E-state index contributed by atoms with van der Waals surface area (Å²) < 4.78 is 5.25. The summed E-state index contributed by atoms with van der Waals surface area (Å²) in [4.78, 5) is 23.2. The number of rotatable bonds is 4. The quantitative estimate of drug-likeness (QED) is 0.743. The summed E-state index contributed by atoms with van der Waals surface area (Å²) in [7, 11) is 0. The highest BCUT2D eigenvalue weighted by Crippen LogP contribution is 2.19. The Hall–Kier alpha value is -1.92. The van der Waals surface area contributed by atoms with Crippen LogP contribution in [0.2, 0.25) is 0 Å². The molecule has 5 N–H and O–H groups in total. The Bertz CT molecular complexity index is 498. The van der Waals surface area contributed by atoms with E-state index in [1.54, 1.807) is 18.2 Å². The maximum Gasteiger partial charge on any atom is 0.248 e. The van der Waals surface area contributed by atoms with Crippen molar-refractivity contribution in [2.24, 2.45) is 17.4 Å². The molecule has 1 aromatic carbocycles. The molecule has 1 atom stereocenters. The van der Waals surface area contributed by atoms with Gasteiger partial charge in [0, 0.05) is 24.5 Å². The van der Waals surface area contributed by atoms with Crippen LogP contribution < -0.4 is 16.8 Å². The maximum absolute atomic E-state index is 12.1. The molecule has 2 rings (SSSR count). The minimum atomic E-state index is -0.573. The number of amides is 2. The predicted molar refractivity (Wildman–Crippen MR) is 75.1 cm³/mol. The Labute approximate surface area is 117 Å².